The van der Waals surface area contributed by atoms with E-state index >= 15 is 0 Å². The number of aliphatic hydroxyl groups is 1. The molecule has 21 heavy (non-hydrogen) atoms. The van der Waals surface area contributed by atoms with Crippen LogP contribution in [0.25, 0.3) is 0 Å². The molecule has 0 spiro atoms. The first kappa shape index (κ1) is 15.0. The van der Waals surface area contributed by atoms with Gasteiger partial charge in [0.2, 0.25) is 5.91 Å². The highest BCUT2D eigenvalue weighted by molar-refractivity contribution is 5.94. The van der Waals surface area contributed by atoms with Gasteiger partial charge in [-0.3, -0.25) is 9.59 Å². The maximum Gasteiger partial charge on any atom is 0.326 e. The quantitative estimate of drug-likeness (QED) is 0.767. The standard InChI is InChI=1S/C13H16N2O6/c1-14(12(18)10-3-2-4-21-10)7-11(17)15-6-8(16)5-9(15)13(19)20/h2-4,8-9,16H,5-7H2,1H3,(H,19,20)/t8-,9-/m1/s1. The number of nitrogens with zero attached hydrogens (tertiary/aromatic N) is 2. The van der Waals surface area contributed by atoms with Crippen molar-refractivity contribution in [1.29, 1.82) is 0 Å². The van der Waals surface area contributed by atoms with E-state index in [2.05, 4.69) is 0 Å². The van der Waals surface area contributed by atoms with Crippen LogP contribution in [0.1, 0.15) is 17.0 Å². The molecule has 0 aromatic carbocycles. The molecule has 0 radical (unpaired) electrons. The minimum Gasteiger partial charge on any atom is -0.480 e. The number of β-amino-alcohol motifs (C(OH)–C–C–N with tert-alkyl or cyclic N) is 1. The average Bonchev–Trinajstić information content (AvgIpc) is 3.06. The zero-order valence-corrected chi connectivity index (χ0v) is 11.4. The van der Waals surface area contributed by atoms with Crippen LogP contribution < -0.4 is 0 Å². The summed E-state index contributed by atoms with van der Waals surface area (Å²) in [6.45, 7) is -0.325. The lowest BCUT2D eigenvalue weighted by Gasteiger charge is -2.24. The summed E-state index contributed by atoms with van der Waals surface area (Å²) >= 11 is 0. The molecule has 1 saturated heterocycles. The first-order chi connectivity index (χ1) is 9.90. The summed E-state index contributed by atoms with van der Waals surface area (Å²) in [6.07, 6.45) is 0.484. The number of carbonyl (C=O) groups is 3. The molecule has 0 unspecified atom stereocenters. The van der Waals surface area contributed by atoms with Crippen molar-refractivity contribution in [2.24, 2.45) is 0 Å². The van der Waals surface area contributed by atoms with Gasteiger partial charge in [-0.2, -0.15) is 0 Å². The van der Waals surface area contributed by atoms with Crippen molar-refractivity contribution in [2.45, 2.75) is 18.6 Å². The summed E-state index contributed by atoms with van der Waals surface area (Å²) in [5.41, 5.74) is 0. The van der Waals surface area contributed by atoms with E-state index in [0.29, 0.717) is 0 Å². The second kappa shape index (κ2) is 5.96. The largest absolute Gasteiger partial charge is 0.480 e. The van der Waals surface area contributed by atoms with E-state index in [1.54, 1.807) is 6.07 Å². The molecule has 1 aliphatic rings. The Morgan fingerprint density at radius 3 is 2.76 bits per heavy atom. The fraction of sp³-hybridized carbons (Fsp3) is 0.462. The van der Waals surface area contributed by atoms with Crippen molar-refractivity contribution in [2.75, 3.05) is 20.1 Å². The lowest BCUT2D eigenvalue weighted by molar-refractivity contribution is -0.148. The molecule has 1 fully saturated rings. The van der Waals surface area contributed by atoms with Crippen LogP contribution in [0.5, 0.6) is 0 Å². The average molecular weight is 296 g/mol. The molecule has 8 heteroatoms. The Kier molecular flexibility index (Phi) is 4.27. The topological polar surface area (TPSA) is 111 Å². The first-order valence-electron chi connectivity index (χ1n) is 6.39. The van der Waals surface area contributed by atoms with Gasteiger partial charge in [-0.25, -0.2) is 4.79 Å². The van der Waals surface area contributed by atoms with E-state index in [1.165, 1.54) is 19.4 Å². The van der Waals surface area contributed by atoms with Gasteiger partial charge in [-0.05, 0) is 12.1 Å². The number of hydrogen-bond donors (Lipinski definition) is 2. The molecule has 2 rings (SSSR count). The number of amides is 2. The number of likely N-dealkylation sites (tertiary alicyclic amines) is 1. The van der Waals surface area contributed by atoms with Crippen LogP contribution in [-0.2, 0) is 9.59 Å². The third kappa shape index (κ3) is 3.22. The van der Waals surface area contributed by atoms with Gasteiger partial charge in [0, 0.05) is 20.0 Å². The number of rotatable bonds is 4. The van der Waals surface area contributed by atoms with Gasteiger partial charge < -0.3 is 24.4 Å². The fourth-order valence-electron chi connectivity index (χ4n) is 2.28. The van der Waals surface area contributed by atoms with Gasteiger partial charge in [0.15, 0.2) is 5.76 Å². The van der Waals surface area contributed by atoms with Crippen molar-refractivity contribution >= 4 is 17.8 Å². The Hall–Kier alpha value is -2.35. The van der Waals surface area contributed by atoms with Crippen molar-refractivity contribution in [3.63, 3.8) is 0 Å². The van der Waals surface area contributed by atoms with Gasteiger partial charge in [0.1, 0.15) is 6.04 Å². The van der Waals surface area contributed by atoms with Gasteiger partial charge in [0.05, 0.1) is 18.9 Å². The molecule has 8 nitrogen and oxygen atoms in total. The van der Waals surface area contributed by atoms with Crippen LogP contribution in [0.4, 0.5) is 0 Å². The van der Waals surface area contributed by atoms with Crippen LogP contribution in [0.3, 0.4) is 0 Å². The lowest BCUT2D eigenvalue weighted by atomic mass is 10.2. The molecule has 0 aliphatic carbocycles. The minimum atomic E-state index is -1.17. The molecule has 1 aromatic heterocycles. The van der Waals surface area contributed by atoms with Crippen molar-refractivity contribution < 1.29 is 29.0 Å². The molecule has 2 atom stereocenters. The second-order valence-electron chi connectivity index (χ2n) is 4.93. The minimum absolute atomic E-state index is 0.00306. The number of furan rings is 1. The maximum absolute atomic E-state index is 12.1. The molecule has 2 amide bonds. The summed E-state index contributed by atoms with van der Waals surface area (Å²) in [5, 5.41) is 18.6. The van der Waals surface area contributed by atoms with E-state index in [1.807, 2.05) is 0 Å². The number of aliphatic carboxylic acids is 1. The zero-order valence-electron chi connectivity index (χ0n) is 11.4. The number of carboxylic acids is 1. The summed E-state index contributed by atoms with van der Waals surface area (Å²) < 4.78 is 4.95. The number of carboxylic acid groups (broad SMARTS) is 1. The third-order valence-electron chi connectivity index (χ3n) is 3.34. The Balaban J connectivity index is 2.00. The Labute approximate surface area is 120 Å². The number of aliphatic hydroxyl groups excluding tert-OH is 1. The molecular weight excluding hydrogens is 280 g/mol. The molecule has 2 N–H and O–H groups in total. The third-order valence-corrected chi connectivity index (χ3v) is 3.34. The van der Waals surface area contributed by atoms with Gasteiger partial charge in [0.25, 0.3) is 5.91 Å². The first-order valence-corrected chi connectivity index (χ1v) is 6.39. The monoisotopic (exact) mass is 296 g/mol. The number of hydrogen-bond acceptors (Lipinski definition) is 5. The second-order valence-corrected chi connectivity index (χ2v) is 4.93. The van der Waals surface area contributed by atoms with Crippen LogP contribution in [0.15, 0.2) is 22.8 Å². The highest BCUT2D eigenvalue weighted by Gasteiger charge is 2.39. The smallest absolute Gasteiger partial charge is 0.326 e. The zero-order chi connectivity index (χ0) is 15.6. The normalized spacial score (nSPS) is 21.3. The highest BCUT2D eigenvalue weighted by Crippen LogP contribution is 2.18. The van der Waals surface area contributed by atoms with Crippen LogP contribution >= 0.6 is 0 Å². The summed E-state index contributed by atoms with van der Waals surface area (Å²) in [4.78, 5) is 37.3. The van der Waals surface area contributed by atoms with E-state index < -0.39 is 29.9 Å². The number of likely N-dealkylation sites (N-methyl/N-ethyl adjacent to an activating group) is 1. The summed E-state index contributed by atoms with van der Waals surface area (Å²) in [7, 11) is 1.42. The van der Waals surface area contributed by atoms with Gasteiger partial charge in [-0.15, -0.1) is 0 Å². The van der Waals surface area contributed by atoms with E-state index in [9.17, 15) is 19.5 Å². The predicted octanol–water partition coefficient (Wildman–Crippen LogP) is -0.602. The van der Waals surface area contributed by atoms with E-state index in [4.69, 9.17) is 9.52 Å². The maximum atomic E-state index is 12.1. The van der Waals surface area contributed by atoms with Crippen molar-refractivity contribution in [1.82, 2.24) is 9.80 Å². The summed E-state index contributed by atoms with van der Waals surface area (Å²) in [6, 6.07) is 1.97. The lowest BCUT2D eigenvalue weighted by Crippen LogP contribution is -2.46. The molecule has 1 aliphatic heterocycles. The molecular formula is C13H16N2O6. The molecule has 0 bridgehead atoms. The van der Waals surface area contributed by atoms with E-state index in [-0.39, 0.29) is 25.3 Å². The van der Waals surface area contributed by atoms with Crippen molar-refractivity contribution in [3.8, 4) is 0 Å². The Morgan fingerprint density at radius 1 is 1.48 bits per heavy atom. The van der Waals surface area contributed by atoms with Crippen LogP contribution in [-0.4, -0.2) is 70.1 Å². The highest BCUT2D eigenvalue weighted by atomic mass is 16.4. The van der Waals surface area contributed by atoms with Crippen molar-refractivity contribution in [3.05, 3.63) is 24.2 Å². The van der Waals surface area contributed by atoms with E-state index in [0.717, 1.165) is 9.80 Å². The molecule has 1 aromatic rings. The Morgan fingerprint density at radius 2 is 2.19 bits per heavy atom. The molecule has 2 heterocycles. The predicted molar refractivity (Wildman–Crippen MR) is 69.4 cm³/mol. The summed E-state index contributed by atoms with van der Waals surface area (Å²) in [5.74, 6) is -2.07. The SMILES string of the molecule is CN(CC(=O)N1C[C@H](O)C[C@@H]1C(=O)O)C(=O)c1ccco1. The van der Waals surface area contributed by atoms with Crippen LogP contribution in [0, 0.1) is 0 Å². The van der Waals surface area contributed by atoms with Gasteiger partial charge >= 0.3 is 5.97 Å². The molecule has 0 saturated carbocycles. The Bertz CT molecular complexity index is 541. The number of carbonyl (C=O) groups excluding carboxylic acids is 2. The fourth-order valence-corrected chi connectivity index (χ4v) is 2.28. The molecule has 114 valence electrons. The van der Waals surface area contributed by atoms with Gasteiger partial charge in [-0.1, -0.05) is 0 Å². The van der Waals surface area contributed by atoms with Crippen LogP contribution in [0.2, 0.25) is 0 Å².